The predicted octanol–water partition coefficient (Wildman–Crippen LogP) is 3.72. The summed E-state index contributed by atoms with van der Waals surface area (Å²) >= 11 is 0. The molecule has 0 saturated heterocycles. The summed E-state index contributed by atoms with van der Waals surface area (Å²) in [6, 6.07) is 7.49. The van der Waals surface area contributed by atoms with Crippen molar-refractivity contribution in [2.45, 2.75) is 27.2 Å². The first-order valence-corrected chi connectivity index (χ1v) is 8.61. The van der Waals surface area contributed by atoms with Gasteiger partial charge < -0.3 is 10.6 Å². The molecule has 1 aromatic rings. The monoisotopic (exact) mass is 340 g/mol. The van der Waals surface area contributed by atoms with E-state index in [2.05, 4.69) is 17.2 Å². The van der Waals surface area contributed by atoms with Crippen molar-refractivity contribution in [1.29, 1.82) is 0 Å². The highest BCUT2D eigenvalue weighted by Gasteiger charge is 2.07. The van der Waals surface area contributed by atoms with Crippen LogP contribution in [0.15, 0.2) is 55.1 Å². The Bertz CT molecular complexity index is 640. The van der Waals surface area contributed by atoms with Gasteiger partial charge in [0.1, 0.15) is 0 Å². The van der Waals surface area contributed by atoms with Crippen molar-refractivity contribution < 1.29 is 9.59 Å². The van der Waals surface area contributed by atoms with E-state index in [1.54, 1.807) is 6.08 Å². The van der Waals surface area contributed by atoms with Gasteiger partial charge in [0.25, 0.3) is 5.91 Å². The van der Waals surface area contributed by atoms with Crippen LogP contribution in [0.25, 0.3) is 5.57 Å². The molecular formula is C21H28N2O2. The SMILES string of the molecule is C=C/C=C\C(=C/C)c1ccc(C(=O)NCCCNC(=O)C(C)C)cc1. The molecule has 0 aliphatic rings. The molecule has 0 heterocycles. The molecule has 25 heavy (non-hydrogen) atoms. The minimum absolute atomic E-state index is 0.0171. The number of nitrogens with one attached hydrogen (secondary N) is 2. The third kappa shape index (κ3) is 7.21. The maximum absolute atomic E-state index is 12.1. The fourth-order valence-electron chi connectivity index (χ4n) is 2.15. The number of hydrogen-bond acceptors (Lipinski definition) is 2. The second kappa shape index (κ2) is 11.0. The van der Waals surface area contributed by atoms with Gasteiger partial charge in [-0.25, -0.2) is 0 Å². The Labute approximate surface area is 150 Å². The van der Waals surface area contributed by atoms with E-state index in [0.29, 0.717) is 25.1 Å². The summed E-state index contributed by atoms with van der Waals surface area (Å²) in [4.78, 5) is 23.6. The number of carbonyl (C=O) groups is 2. The Hall–Kier alpha value is -2.62. The van der Waals surface area contributed by atoms with Crippen LogP contribution in [0.2, 0.25) is 0 Å². The summed E-state index contributed by atoms with van der Waals surface area (Å²) < 4.78 is 0. The number of benzene rings is 1. The lowest BCUT2D eigenvalue weighted by molar-refractivity contribution is -0.123. The minimum atomic E-state index is -0.106. The second-order valence-electron chi connectivity index (χ2n) is 5.97. The third-order valence-corrected chi connectivity index (χ3v) is 3.67. The van der Waals surface area contributed by atoms with Crippen LogP contribution in [0.5, 0.6) is 0 Å². The van der Waals surface area contributed by atoms with E-state index in [0.717, 1.165) is 11.1 Å². The molecule has 4 heteroatoms. The average Bonchev–Trinajstić information content (AvgIpc) is 2.62. The van der Waals surface area contributed by atoms with Crippen molar-refractivity contribution in [2.75, 3.05) is 13.1 Å². The van der Waals surface area contributed by atoms with E-state index in [1.807, 2.05) is 63.3 Å². The third-order valence-electron chi connectivity index (χ3n) is 3.67. The molecule has 4 nitrogen and oxygen atoms in total. The highest BCUT2D eigenvalue weighted by molar-refractivity contribution is 5.94. The molecule has 134 valence electrons. The second-order valence-corrected chi connectivity index (χ2v) is 5.97. The van der Waals surface area contributed by atoms with E-state index in [1.165, 1.54) is 0 Å². The van der Waals surface area contributed by atoms with E-state index in [9.17, 15) is 9.59 Å². The molecule has 2 N–H and O–H groups in total. The zero-order valence-electron chi connectivity index (χ0n) is 15.3. The standard InChI is InChI=1S/C21H28N2O2/c1-5-7-9-17(6-2)18-10-12-19(13-11-18)21(25)23-15-8-14-22-20(24)16(3)4/h5-7,9-13,16H,1,8,14-15H2,2-4H3,(H,22,24)(H,23,25)/b9-7-,17-6+. The summed E-state index contributed by atoms with van der Waals surface area (Å²) in [5.41, 5.74) is 2.75. The average molecular weight is 340 g/mol. The molecule has 0 bridgehead atoms. The van der Waals surface area contributed by atoms with Gasteiger partial charge in [0, 0.05) is 24.6 Å². The number of carbonyl (C=O) groups excluding carboxylic acids is 2. The largest absolute Gasteiger partial charge is 0.356 e. The number of rotatable bonds is 9. The van der Waals surface area contributed by atoms with Gasteiger partial charge in [-0.1, -0.05) is 56.9 Å². The van der Waals surface area contributed by atoms with Crippen molar-refractivity contribution in [3.8, 4) is 0 Å². The van der Waals surface area contributed by atoms with Crippen molar-refractivity contribution in [1.82, 2.24) is 10.6 Å². The first-order chi connectivity index (χ1) is 12.0. The summed E-state index contributed by atoms with van der Waals surface area (Å²) in [5, 5.41) is 5.70. The Kier molecular flexibility index (Phi) is 9.01. The van der Waals surface area contributed by atoms with Crippen LogP contribution in [-0.2, 0) is 4.79 Å². The lowest BCUT2D eigenvalue weighted by Crippen LogP contribution is -2.31. The van der Waals surface area contributed by atoms with Crippen LogP contribution in [0.4, 0.5) is 0 Å². The molecular weight excluding hydrogens is 312 g/mol. The van der Waals surface area contributed by atoms with Gasteiger partial charge in [0.05, 0.1) is 0 Å². The molecule has 0 aliphatic carbocycles. The maximum Gasteiger partial charge on any atom is 0.251 e. The van der Waals surface area contributed by atoms with Crippen LogP contribution < -0.4 is 10.6 Å². The molecule has 2 amide bonds. The molecule has 0 fully saturated rings. The van der Waals surface area contributed by atoms with Gasteiger partial charge in [-0.3, -0.25) is 9.59 Å². The molecule has 0 atom stereocenters. The van der Waals surface area contributed by atoms with E-state index < -0.39 is 0 Å². The topological polar surface area (TPSA) is 58.2 Å². The molecule has 1 aromatic carbocycles. The van der Waals surface area contributed by atoms with Gasteiger partial charge in [-0.2, -0.15) is 0 Å². The van der Waals surface area contributed by atoms with E-state index in [-0.39, 0.29) is 17.7 Å². The molecule has 0 saturated carbocycles. The van der Waals surface area contributed by atoms with Crippen LogP contribution in [0.3, 0.4) is 0 Å². The smallest absolute Gasteiger partial charge is 0.251 e. The van der Waals surface area contributed by atoms with E-state index >= 15 is 0 Å². The molecule has 0 radical (unpaired) electrons. The van der Waals surface area contributed by atoms with E-state index in [4.69, 9.17) is 0 Å². The molecule has 1 rings (SSSR count). The predicted molar refractivity (Wildman–Crippen MR) is 104 cm³/mol. The van der Waals surface area contributed by atoms with Crippen LogP contribution in [-0.4, -0.2) is 24.9 Å². The van der Waals surface area contributed by atoms with Crippen LogP contribution in [0, 0.1) is 5.92 Å². The Morgan fingerprint density at radius 2 is 1.68 bits per heavy atom. The van der Waals surface area contributed by atoms with Gasteiger partial charge in [-0.05, 0) is 36.6 Å². The van der Waals surface area contributed by atoms with Gasteiger partial charge >= 0.3 is 0 Å². The quantitative estimate of drug-likeness (QED) is 0.532. The molecule has 0 unspecified atom stereocenters. The van der Waals surface area contributed by atoms with Crippen LogP contribution >= 0.6 is 0 Å². The Balaban J connectivity index is 2.48. The summed E-state index contributed by atoms with van der Waals surface area (Å²) in [6.45, 7) is 10.4. The van der Waals surface area contributed by atoms with Crippen LogP contribution in [0.1, 0.15) is 43.1 Å². The number of hydrogen-bond donors (Lipinski definition) is 2. The van der Waals surface area contributed by atoms with Gasteiger partial charge in [-0.15, -0.1) is 0 Å². The van der Waals surface area contributed by atoms with Gasteiger partial charge in [0.15, 0.2) is 0 Å². The van der Waals surface area contributed by atoms with Gasteiger partial charge in [0.2, 0.25) is 5.91 Å². The molecule has 0 spiro atoms. The maximum atomic E-state index is 12.1. The zero-order valence-corrected chi connectivity index (χ0v) is 15.3. The number of amides is 2. The van der Waals surface area contributed by atoms with Crippen molar-refractivity contribution in [3.63, 3.8) is 0 Å². The highest BCUT2D eigenvalue weighted by atomic mass is 16.2. The summed E-state index contributed by atoms with van der Waals surface area (Å²) in [6.07, 6.45) is 8.31. The lowest BCUT2D eigenvalue weighted by Gasteiger charge is -2.09. The summed E-state index contributed by atoms with van der Waals surface area (Å²) in [5.74, 6) is -0.0888. The fraction of sp³-hybridized carbons (Fsp3) is 0.333. The molecule has 0 aliphatic heterocycles. The molecule has 0 aromatic heterocycles. The number of allylic oxidation sites excluding steroid dienone is 5. The zero-order chi connectivity index (χ0) is 18.7. The van der Waals surface area contributed by atoms with Crippen molar-refractivity contribution in [3.05, 3.63) is 66.3 Å². The Morgan fingerprint density at radius 3 is 2.24 bits per heavy atom. The van der Waals surface area contributed by atoms with Crippen molar-refractivity contribution in [2.24, 2.45) is 5.92 Å². The minimum Gasteiger partial charge on any atom is -0.356 e. The highest BCUT2D eigenvalue weighted by Crippen LogP contribution is 2.16. The summed E-state index contributed by atoms with van der Waals surface area (Å²) in [7, 11) is 0. The Morgan fingerprint density at radius 1 is 1.08 bits per heavy atom. The first kappa shape index (κ1) is 20.4. The lowest BCUT2D eigenvalue weighted by atomic mass is 10.0. The van der Waals surface area contributed by atoms with Crippen molar-refractivity contribution >= 4 is 17.4 Å². The fourth-order valence-corrected chi connectivity index (χ4v) is 2.15. The normalized spacial score (nSPS) is 11.6. The first-order valence-electron chi connectivity index (χ1n) is 8.61.